The first-order valence-electron chi connectivity index (χ1n) is 5.62. The summed E-state index contributed by atoms with van der Waals surface area (Å²) in [6, 6.07) is 2.83. The van der Waals surface area contributed by atoms with Gasteiger partial charge < -0.3 is 15.2 Å². The number of carboxylic acid groups (broad SMARTS) is 1. The first-order valence-corrected chi connectivity index (χ1v) is 5.62. The lowest BCUT2D eigenvalue weighted by atomic mass is 10.0. The van der Waals surface area contributed by atoms with E-state index in [0.717, 1.165) is 0 Å². The largest absolute Gasteiger partial charge is 0.481 e. The Morgan fingerprint density at radius 1 is 1.50 bits per heavy atom. The second kappa shape index (κ2) is 5.14. The zero-order valence-electron chi connectivity index (χ0n) is 9.92. The van der Waals surface area contributed by atoms with Crippen LogP contribution in [-0.2, 0) is 9.53 Å². The fraction of sp³-hybridized carbons (Fsp3) is 0.417. The van der Waals surface area contributed by atoms with Crippen LogP contribution in [0.15, 0.2) is 18.3 Å². The zero-order chi connectivity index (χ0) is 13.1. The number of nitrogens with zero attached hydrogens (tertiary/aromatic N) is 1. The average Bonchev–Trinajstić information content (AvgIpc) is 2.77. The number of hydrogen-bond donors (Lipinski definition) is 2. The van der Waals surface area contributed by atoms with Crippen molar-refractivity contribution in [3.63, 3.8) is 0 Å². The molecule has 6 heteroatoms. The smallest absolute Gasteiger partial charge is 0.311 e. The van der Waals surface area contributed by atoms with Crippen LogP contribution in [0.3, 0.4) is 0 Å². The predicted molar refractivity (Wildman–Crippen MR) is 62.2 cm³/mol. The van der Waals surface area contributed by atoms with Gasteiger partial charge in [0.2, 0.25) is 0 Å². The van der Waals surface area contributed by atoms with Crippen LogP contribution in [0.5, 0.6) is 0 Å². The third kappa shape index (κ3) is 2.48. The Morgan fingerprint density at radius 2 is 2.28 bits per heavy atom. The molecule has 0 bridgehead atoms. The Labute approximate surface area is 104 Å². The first kappa shape index (κ1) is 12.5. The molecule has 2 atom stereocenters. The summed E-state index contributed by atoms with van der Waals surface area (Å²) in [7, 11) is 0. The van der Waals surface area contributed by atoms with Gasteiger partial charge in [-0.3, -0.25) is 14.6 Å². The molecule has 0 radical (unpaired) electrons. The van der Waals surface area contributed by atoms with Crippen molar-refractivity contribution in [3.8, 4) is 0 Å². The number of hydrogen-bond acceptors (Lipinski definition) is 4. The Kier molecular flexibility index (Phi) is 3.57. The summed E-state index contributed by atoms with van der Waals surface area (Å²) in [4.78, 5) is 27.0. The lowest BCUT2D eigenvalue weighted by Gasteiger charge is -2.16. The average molecular weight is 250 g/mol. The maximum absolute atomic E-state index is 12.0. The second-order valence-electron chi connectivity index (χ2n) is 4.20. The van der Waals surface area contributed by atoms with E-state index in [9.17, 15) is 9.59 Å². The number of aryl methyl sites for hydroxylation is 1. The van der Waals surface area contributed by atoms with Crippen molar-refractivity contribution in [2.45, 2.75) is 13.0 Å². The number of ether oxygens (including phenoxy) is 1. The molecule has 6 nitrogen and oxygen atoms in total. The second-order valence-corrected chi connectivity index (χ2v) is 4.20. The first-order chi connectivity index (χ1) is 8.59. The summed E-state index contributed by atoms with van der Waals surface area (Å²) >= 11 is 0. The van der Waals surface area contributed by atoms with Crippen LogP contribution in [0, 0.1) is 12.8 Å². The molecule has 0 spiro atoms. The Bertz CT molecular complexity index is 475. The number of carboxylic acids is 1. The normalized spacial score (nSPS) is 22.7. The van der Waals surface area contributed by atoms with Gasteiger partial charge in [-0.25, -0.2) is 0 Å². The van der Waals surface area contributed by atoms with Crippen molar-refractivity contribution in [1.29, 1.82) is 0 Å². The molecule has 2 unspecified atom stereocenters. The van der Waals surface area contributed by atoms with Gasteiger partial charge in [-0.05, 0) is 19.1 Å². The summed E-state index contributed by atoms with van der Waals surface area (Å²) in [6.45, 7) is 2.09. The monoisotopic (exact) mass is 250 g/mol. The van der Waals surface area contributed by atoms with Crippen LogP contribution in [0.1, 0.15) is 16.1 Å². The number of pyridine rings is 1. The highest BCUT2D eigenvalue weighted by atomic mass is 16.5. The molecule has 1 aliphatic heterocycles. The van der Waals surface area contributed by atoms with Crippen molar-refractivity contribution in [1.82, 2.24) is 10.3 Å². The number of carbonyl (C=O) groups is 2. The van der Waals surface area contributed by atoms with E-state index in [1.165, 1.54) is 0 Å². The number of rotatable bonds is 3. The van der Waals surface area contributed by atoms with Crippen LogP contribution in [0.2, 0.25) is 0 Å². The molecular weight excluding hydrogens is 236 g/mol. The molecule has 1 aliphatic rings. The maximum Gasteiger partial charge on any atom is 0.311 e. The van der Waals surface area contributed by atoms with Gasteiger partial charge >= 0.3 is 5.97 Å². The van der Waals surface area contributed by atoms with E-state index in [4.69, 9.17) is 9.84 Å². The Morgan fingerprint density at radius 3 is 2.94 bits per heavy atom. The number of amides is 1. The molecule has 1 saturated heterocycles. The summed E-state index contributed by atoms with van der Waals surface area (Å²) in [5.74, 6) is -1.96. The fourth-order valence-corrected chi connectivity index (χ4v) is 1.91. The molecule has 1 fully saturated rings. The minimum absolute atomic E-state index is 0.131. The highest BCUT2D eigenvalue weighted by Gasteiger charge is 2.35. The van der Waals surface area contributed by atoms with E-state index in [0.29, 0.717) is 11.3 Å². The lowest BCUT2D eigenvalue weighted by Crippen LogP contribution is -2.42. The maximum atomic E-state index is 12.0. The van der Waals surface area contributed by atoms with Crippen molar-refractivity contribution < 1.29 is 19.4 Å². The van der Waals surface area contributed by atoms with Crippen LogP contribution in [0.25, 0.3) is 0 Å². The third-order valence-electron chi connectivity index (χ3n) is 2.97. The van der Waals surface area contributed by atoms with Crippen molar-refractivity contribution in [2.75, 3.05) is 13.2 Å². The summed E-state index contributed by atoms with van der Waals surface area (Å²) in [5, 5.41) is 11.7. The topological polar surface area (TPSA) is 88.5 Å². The lowest BCUT2D eigenvalue weighted by molar-refractivity contribution is -0.142. The molecule has 18 heavy (non-hydrogen) atoms. The van der Waals surface area contributed by atoms with Gasteiger partial charge in [-0.2, -0.15) is 0 Å². The predicted octanol–water partition coefficient (Wildman–Crippen LogP) is 0.219. The Hall–Kier alpha value is -1.95. The van der Waals surface area contributed by atoms with E-state index < -0.39 is 17.9 Å². The third-order valence-corrected chi connectivity index (χ3v) is 2.97. The molecule has 0 saturated carbocycles. The summed E-state index contributed by atoms with van der Waals surface area (Å²) in [6.07, 6.45) is 1.60. The number of aliphatic carboxylic acids is 1. The van der Waals surface area contributed by atoms with Gasteiger partial charge in [0.15, 0.2) is 0 Å². The molecule has 0 aliphatic carbocycles. The van der Waals surface area contributed by atoms with Gasteiger partial charge in [-0.1, -0.05) is 0 Å². The van der Waals surface area contributed by atoms with E-state index in [-0.39, 0.29) is 19.1 Å². The molecular formula is C12H14N2O4. The quantitative estimate of drug-likeness (QED) is 0.801. The van der Waals surface area contributed by atoms with E-state index in [1.54, 1.807) is 25.3 Å². The van der Waals surface area contributed by atoms with Gasteiger partial charge in [-0.15, -0.1) is 0 Å². The van der Waals surface area contributed by atoms with E-state index in [2.05, 4.69) is 10.3 Å². The number of nitrogens with one attached hydrogen (secondary N) is 1. The summed E-state index contributed by atoms with van der Waals surface area (Å²) < 4.78 is 5.09. The van der Waals surface area contributed by atoms with Crippen molar-refractivity contribution in [2.24, 2.45) is 5.92 Å². The number of carbonyl (C=O) groups excluding carboxylic acids is 1. The van der Waals surface area contributed by atoms with Gasteiger partial charge in [0, 0.05) is 11.9 Å². The van der Waals surface area contributed by atoms with Crippen LogP contribution in [-0.4, -0.2) is 41.2 Å². The number of aromatic nitrogens is 1. The summed E-state index contributed by atoms with van der Waals surface area (Å²) in [5.41, 5.74) is 1.06. The van der Waals surface area contributed by atoms with Crippen molar-refractivity contribution >= 4 is 11.9 Å². The van der Waals surface area contributed by atoms with Crippen LogP contribution in [0.4, 0.5) is 0 Å². The molecule has 96 valence electrons. The van der Waals surface area contributed by atoms with E-state index in [1.807, 2.05) is 0 Å². The molecule has 1 aromatic heterocycles. The Balaban J connectivity index is 2.08. The molecule has 2 heterocycles. The fourth-order valence-electron chi connectivity index (χ4n) is 1.91. The highest BCUT2D eigenvalue weighted by Crippen LogP contribution is 2.15. The molecule has 0 aromatic carbocycles. The molecule has 2 rings (SSSR count). The highest BCUT2D eigenvalue weighted by molar-refractivity contribution is 5.95. The van der Waals surface area contributed by atoms with Crippen molar-refractivity contribution in [3.05, 3.63) is 29.6 Å². The minimum Gasteiger partial charge on any atom is -0.481 e. The molecule has 2 N–H and O–H groups in total. The SMILES string of the molecule is Cc1ncccc1C(=O)NC1COCC1C(=O)O. The van der Waals surface area contributed by atoms with Gasteiger partial charge in [0.1, 0.15) is 5.92 Å². The van der Waals surface area contributed by atoms with Crippen LogP contribution >= 0.6 is 0 Å². The molecule has 1 amide bonds. The van der Waals surface area contributed by atoms with Gasteiger partial charge in [0.05, 0.1) is 24.8 Å². The van der Waals surface area contributed by atoms with Gasteiger partial charge in [0.25, 0.3) is 5.91 Å². The zero-order valence-corrected chi connectivity index (χ0v) is 9.92. The van der Waals surface area contributed by atoms with E-state index >= 15 is 0 Å². The molecule has 1 aromatic rings. The standard InChI is InChI=1S/C12H14N2O4/c1-7-8(3-2-4-13-7)11(15)14-10-6-18-5-9(10)12(16)17/h2-4,9-10H,5-6H2,1H3,(H,14,15)(H,16,17). The minimum atomic E-state index is -0.958. The van der Waals surface area contributed by atoms with Crippen LogP contribution < -0.4 is 5.32 Å².